The molecule has 2 aromatic carbocycles. The number of fused-ring (bicyclic) bond motifs is 1. The van der Waals surface area contributed by atoms with Crippen molar-refractivity contribution < 1.29 is 8.78 Å². The smallest absolute Gasteiger partial charge is 0.225 e. The van der Waals surface area contributed by atoms with E-state index in [0.717, 1.165) is 67.4 Å². The molecular weight excluding hydrogens is 408 g/mol. The zero-order valence-corrected chi connectivity index (χ0v) is 18.7. The zero-order chi connectivity index (χ0) is 22.5. The fraction of sp³-hybridized carbons (Fsp3) is 0.440. The van der Waals surface area contributed by atoms with Gasteiger partial charge in [-0.3, -0.25) is 0 Å². The van der Waals surface area contributed by atoms with Gasteiger partial charge in [-0.15, -0.1) is 0 Å². The fourth-order valence-electron chi connectivity index (χ4n) is 4.38. The molecule has 1 fully saturated rings. The molecule has 1 aliphatic carbocycles. The molecule has 0 saturated heterocycles. The van der Waals surface area contributed by atoms with Crippen LogP contribution in [0.15, 0.2) is 42.5 Å². The molecule has 1 heterocycles. The van der Waals surface area contributed by atoms with Crippen LogP contribution in [0.5, 0.6) is 0 Å². The number of benzene rings is 2. The molecule has 1 saturated carbocycles. The monoisotopic (exact) mass is 439 g/mol. The number of para-hydroxylation sites is 1. The van der Waals surface area contributed by atoms with Gasteiger partial charge in [0.2, 0.25) is 5.95 Å². The first-order valence-corrected chi connectivity index (χ1v) is 11.4. The molecule has 7 heteroatoms. The third kappa shape index (κ3) is 5.51. The molecule has 0 amide bonds. The maximum atomic E-state index is 13.3. The van der Waals surface area contributed by atoms with Crippen molar-refractivity contribution in [3.05, 3.63) is 59.7 Å². The number of hydrogen-bond donors (Lipinski definition) is 2. The summed E-state index contributed by atoms with van der Waals surface area (Å²) in [6.07, 6.45) is 5.96. The van der Waals surface area contributed by atoms with Gasteiger partial charge < -0.3 is 15.5 Å². The Morgan fingerprint density at radius 2 is 1.69 bits per heavy atom. The van der Waals surface area contributed by atoms with Gasteiger partial charge in [0.25, 0.3) is 0 Å². The van der Waals surface area contributed by atoms with Gasteiger partial charge in [0, 0.05) is 31.6 Å². The third-order valence-electron chi connectivity index (χ3n) is 6.13. The number of aromatic nitrogens is 2. The van der Waals surface area contributed by atoms with Crippen LogP contribution in [0.2, 0.25) is 0 Å². The van der Waals surface area contributed by atoms with Crippen LogP contribution in [0.1, 0.15) is 37.7 Å². The Bertz CT molecular complexity index is 1050. The number of aryl methyl sites for hydroxylation is 1. The Kier molecular flexibility index (Phi) is 7.15. The van der Waals surface area contributed by atoms with Crippen LogP contribution in [-0.2, 0) is 6.42 Å². The number of hydrogen-bond acceptors (Lipinski definition) is 5. The summed E-state index contributed by atoms with van der Waals surface area (Å²) in [6, 6.07) is 13.1. The molecular formula is C25H31F2N5. The predicted octanol–water partition coefficient (Wildman–Crippen LogP) is 4.92. The first-order chi connectivity index (χ1) is 15.5. The SMILES string of the molecule is CN(C)c1nc(NC2CCC(NCCCc3ccc(F)c(F)c3)CC2)nc2ccccc12. The van der Waals surface area contributed by atoms with Crippen molar-refractivity contribution in [2.45, 2.75) is 50.6 Å². The second-order valence-electron chi connectivity index (χ2n) is 8.78. The third-order valence-corrected chi connectivity index (χ3v) is 6.13. The van der Waals surface area contributed by atoms with E-state index >= 15 is 0 Å². The topological polar surface area (TPSA) is 53.1 Å². The van der Waals surface area contributed by atoms with Crippen molar-refractivity contribution in [3.63, 3.8) is 0 Å². The molecule has 0 bridgehead atoms. The molecule has 0 radical (unpaired) electrons. The minimum absolute atomic E-state index is 0.367. The number of rotatable bonds is 8. The van der Waals surface area contributed by atoms with Gasteiger partial charge in [0.1, 0.15) is 5.82 Å². The molecule has 3 aromatic rings. The molecule has 4 rings (SSSR count). The summed E-state index contributed by atoms with van der Waals surface area (Å²) in [4.78, 5) is 11.5. The van der Waals surface area contributed by atoms with Gasteiger partial charge in [-0.1, -0.05) is 18.2 Å². The lowest BCUT2D eigenvalue weighted by molar-refractivity contribution is 0.352. The lowest BCUT2D eigenvalue weighted by Crippen LogP contribution is -2.37. The van der Waals surface area contributed by atoms with Crippen LogP contribution in [0.3, 0.4) is 0 Å². The highest BCUT2D eigenvalue weighted by Gasteiger charge is 2.22. The second-order valence-corrected chi connectivity index (χ2v) is 8.78. The van der Waals surface area contributed by atoms with E-state index in [2.05, 4.69) is 16.7 Å². The number of nitrogens with zero attached hydrogens (tertiary/aromatic N) is 3. The van der Waals surface area contributed by atoms with Gasteiger partial charge in [-0.2, -0.15) is 4.98 Å². The van der Waals surface area contributed by atoms with Crippen molar-refractivity contribution in [2.24, 2.45) is 0 Å². The average molecular weight is 440 g/mol. The summed E-state index contributed by atoms with van der Waals surface area (Å²) in [5.74, 6) is 0.0588. The van der Waals surface area contributed by atoms with Gasteiger partial charge in [0.05, 0.1) is 5.52 Å². The molecule has 0 spiro atoms. The summed E-state index contributed by atoms with van der Waals surface area (Å²) in [7, 11) is 4.00. The Hall–Kier alpha value is -2.80. The van der Waals surface area contributed by atoms with E-state index in [1.54, 1.807) is 6.07 Å². The van der Waals surface area contributed by atoms with Crippen molar-refractivity contribution in [2.75, 3.05) is 30.9 Å². The summed E-state index contributed by atoms with van der Waals surface area (Å²) in [6.45, 7) is 0.877. The Morgan fingerprint density at radius 1 is 0.938 bits per heavy atom. The lowest BCUT2D eigenvalue weighted by Gasteiger charge is -2.30. The van der Waals surface area contributed by atoms with Crippen LogP contribution in [0.4, 0.5) is 20.5 Å². The predicted molar refractivity (Wildman–Crippen MR) is 126 cm³/mol. The first-order valence-electron chi connectivity index (χ1n) is 11.4. The van der Waals surface area contributed by atoms with Gasteiger partial charge in [0.15, 0.2) is 11.6 Å². The highest BCUT2D eigenvalue weighted by molar-refractivity contribution is 5.90. The standard InChI is InChI=1S/C25H31F2N5/c1-32(2)24-20-7-3-4-8-23(20)30-25(31-24)29-19-12-10-18(11-13-19)28-15-5-6-17-9-14-21(26)22(27)16-17/h3-4,7-9,14,16,18-19,28H,5-6,10-13,15H2,1-2H3,(H,29,30,31). The molecule has 2 N–H and O–H groups in total. The minimum atomic E-state index is -0.788. The summed E-state index contributed by atoms with van der Waals surface area (Å²) >= 11 is 0. The summed E-state index contributed by atoms with van der Waals surface area (Å²) in [5, 5.41) is 8.22. The van der Waals surface area contributed by atoms with Crippen LogP contribution in [0.25, 0.3) is 10.9 Å². The van der Waals surface area contributed by atoms with E-state index in [9.17, 15) is 8.78 Å². The molecule has 170 valence electrons. The number of halogens is 2. The molecule has 0 unspecified atom stereocenters. The molecule has 1 aromatic heterocycles. The molecule has 0 aliphatic heterocycles. The Labute approximate surface area is 188 Å². The van der Waals surface area contributed by atoms with E-state index in [4.69, 9.17) is 9.97 Å². The minimum Gasteiger partial charge on any atom is -0.362 e. The zero-order valence-electron chi connectivity index (χ0n) is 18.7. The van der Waals surface area contributed by atoms with Crippen LogP contribution >= 0.6 is 0 Å². The Morgan fingerprint density at radius 3 is 2.44 bits per heavy atom. The largest absolute Gasteiger partial charge is 0.362 e. The van der Waals surface area contributed by atoms with E-state index in [-0.39, 0.29) is 0 Å². The fourth-order valence-corrected chi connectivity index (χ4v) is 4.38. The average Bonchev–Trinajstić information content (AvgIpc) is 2.79. The number of anilines is 2. The second kappa shape index (κ2) is 10.2. The van der Waals surface area contributed by atoms with Crippen LogP contribution in [-0.4, -0.2) is 42.7 Å². The Balaban J connectivity index is 1.24. The highest BCUT2D eigenvalue weighted by Crippen LogP contribution is 2.26. The molecule has 0 atom stereocenters. The summed E-state index contributed by atoms with van der Waals surface area (Å²) in [5.41, 5.74) is 1.79. The molecule has 32 heavy (non-hydrogen) atoms. The van der Waals surface area contributed by atoms with E-state index in [1.165, 1.54) is 12.1 Å². The maximum Gasteiger partial charge on any atom is 0.225 e. The van der Waals surface area contributed by atoms with Crippen LogP contribution in [0, 0.1) is 11.6 Å². The normalized spacial score (nSPS) is 18.6. The van der Waals surface area contributed by atoms with Gasteiger partial charge >= 0.3 is 0 Å². The lowest BCUT2D eigenvalue weighted by atomic mass is 9.91. The van der Waals surface area contributed by atoms with Crippen molar-refractivity contribution in [1.29, 1.82) is 0 Å². The first kappa shape index (κ1) is 22.4. The van der Waals surface area contributed by atoms with Crippen molar-refractivity contribution >= 4 is 22.7 Å². The van der Waals surface area contributed by atoms with E-state index < -0.39 is 11.6 Å². The molecule has 5 nitrogen and oxygen atoms in total. The number of nitrogens with one attached hydrogen (secondary N) is 2. The maximum absolute atomic E-state index is 13.3. The van der Waals surface area contributed by atoms with E-state index in [0.29, 0.717) is 18.0 Å². The highest BCUT2D eigenvalue weighted by atomic mass is 19.2. The van der Waals surface area contributed by atoms with Crippen LogP contribution < -0.4 is 15.5 Å². The molecule has 1 aliphatic rings. The van der Waals surface area contributed by atoms with Crippen molar-refractivity contribution in [3.8, 4) is 0 Å². The quantitative estimate of drug-likeness (QED) is 0.488. The summed E-state index contributed by atoms with van der Waals surface area (Å²) < 4.78 is 26.3. The van der Waals surface area contributed by atoms with Gasteiger partial charge in [-0.25, -0.2) is 13.8 Å². The van der Waals surface area contributed by atoms with Crippen molar-refractivity contribution in [1.82, 2.24) is 15.3 Å². The van der Waals surface area contributed by atoms with E-state index in [1.807, 2.05) is 37.2 Å². The van der Waals surface area contributed by atoms with Gasteiger partial charge in [-0.05, 0) is 74.9 Å².